The van der Waals surface area contributed by atoms with Crippen molar-refractivity contribution in [1.29, 1.82) is 0 Å². The summed E-state index contributed by atoms with van der Waals surface area (Å²) in [6, 6.07) is 3.95. The Bertz CT molecular complexity index is 509. The molecule has 3 heterocycles. The number of piperidine rings is 1. The molecule has 0 amide bonds. The third-order valence-corrected chi connectivity index (χ3v) is 3.52. The second kappa shape index (κ2) is 4.98. The summed E-state index contributed by atoms with van der Waals surface area (Å²) < 4.78 is 5.59. The molecule has 1 atom stereocenters. The minimum Gasteiger partial charge on any atom is -0.460 e. The van der Waals surface area contributed by atoms with Crippen LogP contribution >= 0.6 is 0 Å². The second-order valence-corrected chi connectivity index (χ2v) is 5.07. The van der Waals surface area contributed by atoms with E-state index in [0.29, 0.717) is 5.92 Å². The van der Waals surface area contributed by atoms with Gasteiger partial charge in [-0.3, -0.25) is 0 Å². The summed E-state index contributed by atoms with van der Waals surface area (Å²) in [5.41, 5.74) is 0.974. The van der Waals surface area contributed by atoms with Gasteiger partial charge in [-0.15, -0.1) is 0 Å². The summed E-state index contributed by atoms with van der Waals surface area (Å²) in [4.78, 5) is 7.81. The molecule has 2 aromatic heterocycles. The highest BCUT2D eigenvalue weighted by molar-refractivity contribution is 5.51. The summed E-state index contributed by atoms with van der Waals surface area (Å²) in [5, 5.41) is 3.44. The number of furan rings is 1. The number of aromatic nitrogens is 2. The van der Waals surface area contributed by atoms with Gasteiger partial charge in [-0.1, -0.05) is 0 Å². The third kappa shape index (κ3) is 2.48. The number of nitrogens with one attached hydrogen (secondary N) is 2. The standard InChI is InChI=1S/C14H19N3O/c1-10-4-5-13(18-10)12-9-16-14(17-12)7-11-3-2-6-15-8-11/h4-5,9,11,15H,2-3,6-8H2,1H3,(H,16,17). The van der Waals surface area contributed by atoms with Crippen LogP contribution in [0.3, 0.4) is 0 Å². The Labute approximate surface area is 107 Å². The van der Waals surface area contributed by atoms with Crippen LogP contribution < -0.4 is 5.32 Å². The molecule has 2 N–H and O–H groups in total. The third-order valence-electron chi connectivity index (χ3n) is 3.52. The molecular weight excluding hydrogens is 226 g/mol. The molecule has 1 aliphatic heterocycles. The lowest BCUT2D eigenvalue weighted by atomic mass is 9.96. The number of H-pyrrole nitrogens is 1. The summed E-state index contributed by atoms with van der Waals surface area (Å²) in [7, 11) is 0. The number of imidazole rings is 1. The first kappa shape index (κ1) is 11.5. The normalized spacial score (nSPS) is 20.2. The van der Waals surface area contributed by atoms with Gasteiger partial charge in [-0.05, 0) is 50.9 Å². The van der Waals surface area contributed by atoms with Crippen molar-refractivity contribution in [1.82, 2.24) is 15.3 Å². The molecular formula is C14H19N3O. The molecule has 0 spiro atoms. The zero-order chi connectivity index (χ0) is 12.4. The lowest BCUT2D eigenvalue weighted by Crippen LogP contribution is -2.31. The molecule has 0 aliphatic carbocycles. The number of hydrogen-bond donors (Lipinski definition) is 2. The summed E-state index contributed by atoms with van der Waals surface area (Å²) in [6.45, 7) is 4.22. The van der Waals surface area contributed by atoms with Crippen molar-refractivity contribution in [3.8, 4) is 11.5 Å². The largest absolute Gasteiger partial charge is 0.460 e. The van der Waals surface area contributed by atoms with Crippen molar-refractivity contribution in [2.45, 2.75) is 26.2 Å². The number of rotatable bonds is 3. The van der Waals surface area contributed by atoms with E-state index in [4.69, 9.17) is 4.42 Å². The summed E-state index contributed by atoms with van der Waals surface area (Å²) in [5.74, 6) is 3.56. The number of aryl methyl sites for hydroxylation is 1. The van der Waals surface area contributed by atoms with Crippen LogP contribution in [-0.4, -0.2) is 23.1 Å². The van der Waals surface area contributed by atoms with Gasteiger partial charge in [0.2, 0.25) is 0 Å². The smallest absolute Gasteiger partial charge is 0.152 e. The van der Waals surface area contributed by atoms with Gasteiger partial charge in [0.15, 0.2) is 5.76 Å². The van der Waals surface area contributed by atoms with E-state index in [1.165, 1.54) is 12.8 Å². The second-order valence-electron chi connectivity index (χ2n) is 5.07. The van der Waals surface area contributed by atoms with Crippen molar-refractivity contribution in [3.63, 3.8) is 0 Å². The molecule has 18 heavy (non-hydrogen) atoms. The SMILES string of the molecule is Cc1ccc(-c2cnc(CC3CCCNC3)[nH]2)o1. The van der Waals surface area contributed by atoms with Crippen molar-refractivity contribution < 1.29 is 4.42 Å². The summed E-state index contributed by atoms with van der Waals surface area (Å²) >= 11 is 0. The Hall–Kier alpha value is -1.55. The van der Waals surface area contributed by atoms with Crippen LogP contribution in [0.5, 0.6) is 0 Å². The van der Waals surface area contributed by atoms with Crippen LogP contribution in [-0.2, 0) is 6.42 Å². The van der Waals surface area contributed by atoms with Gasteiger partial charge in [0.25, 0.3) is 0 Å². The number of hydrogen-bond acceptors (Lipinski definition) is 3. The zero-order valence-corrected chi connectivity index (χ0v) is 10.7. The van der Waals surface area contributed by atoms with Gasteiger partial charge < -0.3 is 14.7 Å². The first-order chi connectivity index (χ1) is 8.81. The molecule has 1 aliphatic rings. The van der Waals surface area contributed by atoms with Gasteiger partial charge in [0.1, 0.15) is 17.3 Å². The van der Waals surface area contributed by atoms with Crippen molar-refractivity contribution in [3.05, 3.63) is 29.9 Å². The molecule has 0 radical (unpaired) electrons. The van der Waals surface area contributed by atoms with E-state index in [0.717, 1.165) is 42.5 Å². The van der Waals surface area contributed by atoms with Crippen LogP contribution in [0, 0.1) is 12.8 Å². The molecule has 3 rings (SSSR count). The number of nitrogens with zero attached hydrogens (tertiary/aromatic N) is 1. The fourth-order valence-electron chi connectivity index (χ4n) is 2.54. The van der Waals surface area contributed by atoms with Gasteiger partial charge >= 0.3 is 0 Å². The molecule has 4 heteroatoms. The monoisotopic (exact) mass is 245 g/mol. The van der Waals surface area contributed by atoms with Crippen LogP contribution in [0.1, 0.15) is 24.4 Å². The lowest BCUT2D eigenvalue weighted by molar-refractivity contribution is 0.371. The molecule has 0 aromatic carbocycles. The van der Waals surface area contributed by atoms with Gasteiger partial charge in [0.05, 0.1) is 6.20 Å². The van der Waals surface area contributed by atoms with E-state index >= 15 is 0 Å². The van der Waals surface area contributed by atoms with Crippen molar-refractivity contribution in [2.24, 2.45) is 5.92 Å². The Morgan fingerprint density at radius 3 is 3.11 bits per heavy atom. The van der Waals surface area contributed by atoms with Crippen molar-refractivity contribution >= 4 is 0 Å². The van der Waals surface area contributed by atoms with Gasteiger partial charge in [-0.2, -0.15) is 0 Å². The average Bonchev–Trinajstić information content (AvgIpc) is 2.99. The quantitative estimate of drug-likeness (QED) is 0.873. The predicted octanol–water partition coefficient (Wildman–Crippen LogP) is 2.52. The lowest BCUT2D eigenvalue weighted by Gasteiger charge is -2.21. The highest BCUT2D eigenvalue weighted by Gasteiger charge is 2.15. The molecule has 0 saturated carbocycles. The molecule has 0 bridgehead atoms. The fraction of sp³-hybridized carbons (Fsp3) is 0.500. The first-order valence-electron chi connectivity index (χ1n) is 6.62. The Morgan fingerprint density at radius 2 is 2.39 bits per heavy atom. The molecule has 2 aromatic rings. The average molecular weight is 245 g/mol. The Morgan fingerprint density at radius 1 is 1.44 bits per heavy atom. The summed E-state index contributed by atoms with van der Waals surface area (Å²) in [6.07, 6.45) is 5.45. The maximum atomic E-state index is 5.59. The molecule has 1 saturated heterocycles. The molecule has 96 valence electrons. The van der Waals surface area contributed by atoms with Crippen LogP contribution in [0.4, 0.5) is 0 Å². The van der Waals surface area contributed by atoms with Gasteiger partial charge in [-0.25, -0.2) is 4.98 Å². The minimum absolute atomic E-state index is 0.705. The molecule has 4 nitrogen and oxygen atoms in total. The minimum atomic E-state index is 0.705. The van der Waals surface area contributed by atoms with E-state index in [1.54, 1.807) is 0 Å². The van der Waals surface area contributed by atoms with E-state index in [2.05, 4.69) is 15.3 Å². The maximum Gasteiger partial charge on any atom is 0.152 e. The van der Waals surface area contributed by atoms with Crippen LogP contribution in [0.15, 0.2) is 22.7 Å². The van der Waals surface area contributed by atoms with E-state index in [1.807, 2.05) is 25.3 Å². The van der Waals surface area contributed by atoms with Gasteiger partial charge in [0, 0.05) is 6.42 Å². The van der Waals surface area contributed by atoms with E-state index < -0.39 is 0 Å². The molecule has 1 fully saturated rings. The van der Waals surface area contributed by atoms with E-state index in [-0.39, 0.29) is 0 Å². The van der Waals surface area contributed by atoms with Crippen molar-refractivity contribution in [2.75, 3.05) is 13.1 Å². The maximum absolute atomic E-state index is 5.59. The Balaban J connectivity index is 1.69. The predicted molar refractivity (Wildman–Crippen MR) is 70.3 cm³/mol. The number of aromatic amines is 1. The topological polar surface area (TPSA) is 53.9 Å². The fourth-order valence-corrected chi connectivity index (χ4v) is 2.54. The van der Waals surface area contributed by atoms with E-state index in [9.17, 15) is 0 Å². The highest BCUT2D eigenvalue weighted by atomic mass is 16.3. The van der Waals surface area contributed by atoms with Crippen LogP contribution in [0.25, 0.3) is 11.5 Å². The zero-order valence-electron chi connectivity index (χ0n) is 10.7. The highest BCUT2D eigenvalue weighted by Crippen LogP contribution is 2.21. The molecule has 1 unspecified atom stereocenters. The first-order valence-corrected chi connectivity index (χ1v) is 6.62. The van der Waals surface area contributed by atoms with Crippen LogP contribution in [0.2, 0.25) is 0 Å². The Kier molecular flexibility index (Phi) is 3.19.